The topological polar surface area (TPSA) is 133 Å². The summed E-state index contributed by atoms with van der Waals surface area (Å²) >= 11 is 0. The second-order valence-electron chi connectivity index (χ2n) is 21.8. The van der Waals surface area contributed by atoms with E-state index < -0.39 is 11.1 Å². The monoisotopic (exact) mass is 769 g/mol. The van der Waals surface area contributed by atoms with E-state index in [9.17, 15) is 14.4 Å². The normalized spacial score (nSPS) is 40.9. The lowest BCUT2D eigenvalue weighted by Crippen LogP contribution is -2.68. The lowest BCUT2D eigenvalue weighted by Gasteiger charge is -2.72. The minimum absolute atomic E-state index is 0.0232. The molecule has 10 atom stereocenters. The van der Waals surface area contributed by atoms with Crippen LogP contribution in [0, 0.1) is 62.6 Å². The number of fused-ring (bicyclic) bond motifs is 7. The molecule has 8 heteroatoms. The van der Waals surface area contributed by atoms with Crippen molar-refractivity contribution in [3.63, 3.8) is 0 Å². The molecule has 3 N–H and O–H groups in total. The molecule has 1 amide bonds. The van der Waals surface area contributed by atoms with Crippen LogP contribution < -0.4 is 11.1 Å². The van der Waals surface area contributed by atoms with Crippen molar-refractivity contribution in [2.45, 2.75) is 163 Å². The van der Waals surface area contributed by atoms with Crippen LogP contribution >= 0.6 is 0 Å². The highest BCUT2D eigenvalue weighted by molar-refractivity contribution is 6.03. The Hall–Kier alpha value is -3.09. The Morgan fingerprint density at radius 2 is 1.50 bits per heavy atom. The van der Waals surface area contributed by atoms with Gasteiger partial charge in [-0.1, -0.05) is 92.6 Å². The molecule has 0 saturated heterocycles. The third-order valence-corrected chi connectivity index (χ3v) is 18.3. The maximum absolute atomic E-state index is 14.0. The first-order valence-corrected chi connectivity index (χ1v) is 21.8. The fraction of sp³-hybridized carbons (Fsp3) is 0.750. The van der Waals surface area contributed by atoms with Crippen LogP contribution in [0.4, 0.5) is 0 Å². The average molecular weight is 769 g/mol. The number of benzene rings is 1. The Morgan fingerprint density at radius 1 is 0.839 bits per heavy atom. The molecule has 0 radical (unpaired) electrons. The van der Waals surface area contributed by atoms with E-state index in [0.29, 0.717) is 24.2 Å². The molecule has 6 fully saturated rings. The average Bonchev–Trinajstić information content (AvgIpc) is 3.81. The predicted molar refractivity (Wildman–Crippen MR) is 214 cm³/mol. The number of nitrogens with two attached hydrogens (primary N) is 1. The largest absolute Gasteiger partial charge is 0.462 e. The van der Waals surface area contributed by atoms with Crippen molar-refractivity contribution >= 4 is 23.8 Å². The summed E-state index contributed by atoms with van der Waals surface area (Å²) in [5.74, 6) is 2.07. The Balaban J connectivity index is 0.00000155. The van der Waals surface area contributed by atoms with Gasteiger partial charge in [0, 0.05) is 11.8 Å². The Bertz CT molecular complexity index is 1820. The number of ketones is 1. The van der Waals surface area contributed by atoms with Gasteiger partial charge in [-0.2, -0.15) is 9.59 Å². The molecule has 1 aromatic carbocycles. The number of ether oxygens (including phenoxy) is 1. The summed E-state index contributed by atoms with van der Waals surface area (Å²) in [5.41, 5.74) is 8.80. The summed E-state index contributed by atoms with van der Waals surface area (Å²) in [6.45, 7) is 21.4. The fourth-order valence-corrected chi connectivity index (χ4v) is 14.5. The SMILES string of the molecule is CC(C)C1=C2[C@H]3CC[C@@H]4[C@@]5(C)CC[C@H](OC(=O)[C@@H]6C[C@H](Cc7ccccc7)C6(C)C)C(C)(C)[C@@H]5CC[C@@]4(C)[C@]3(C)CC[C@@]2(NC(=O)C2(N)CC2)CC1=O.O=C=O. The fourth-order valence-electron chi connectivity index (χ4n) is 14.5. The molecule has 7 aliphatic carbocycles. The van der Waals surface area contributed by atoms with E-state index in [0.717, 1.165) is 82.6 Å². The Morgan fingerprint density at radius 3 is 2.11 bits per heavy atom. The molecule has 8 nitrogen and oxygen atoms in total. The van der Waals surface area contributed by atoms with Crippen molar-refractivity contribution in [2.24, 2.45) is 68.3 Å². The molecular weight excluding hydrogens is 701 g/mol. The zero-order chi connectivity index (χ0) is 40.9. The Labute approximate surface area is 335 Å². The number of Topliss-reactive ketones (excluding diaryl/α,β-unsaturated/α-hetero) is 1. The van der Waals surface area contributed by atoms with Crippen molar-refractivity contribution in [2.75, 3.05) is 0 Å². The van der Waals surface area contributed by atoms with Crippen LogP contribution in [-0.4, -0.2) is 41.0 Å². The third kappa shape index (κ3) is 6.04. The molecule has 56 heavy (non-hydrogen) atoms. The van der Waals surface area contributed by atoms with Crippen LogP contribution in [0.5, 0.6) is 0 Å². The predicted octanol–water partition coefficient (Wildman–Crippen LogP) is 8.56. The molecule has 0 aromatic heterocycles. The van der Waals surface area contributed by atoms with E-state index in [2.05, 4.69) is 98.0 Å². The Kier molecular flexibility index (Phi) is 10.1. The number of hydrogen-bond acceptors (Lipinski definition) is 7. The van der Waals surface area contributed by atoms with Crippen LogP contribution in [0.1, 0.15) is 145 Å². The van der Waals surface area contributed by atoms with Crippen LogP contribution in [0.25, 0.3) is 0 Å². The maximum Gasteiger partial charge on any atom is 0.373 e. The molecule has 7 aliphatic rings. The number of esters is 1. The molecule has 0 bridgehead atoms. The zero-order valence-corrected chi connectivity index (χ0v) is 35.6. The van der Waals surface area contributed by atoms with Gasteiger partial charge in [0.2, 0.25) is 5.91 Å². The summed E-state index contributed by atoms with van der Waals surface area (Å²) in [6, 6.07) is 10.7. The van der Waals surface area contributed by atoms with Gasteiger partial charge in [-0.15, -0.1) is 0 Å². The van der Waals surface area contributed by atoms with E-state index in [1.165, 1.54) is 11.1 Å². The second-order valence-corrected chi connectivity index (χ2v) is 21.8. The van der Waals surface area contributed by atoms with E-state index in [4.69, 9.17) is 20.1 Å². The van der Waals surface area contributed by atoms with Crippen LogP contribution in [-0.2, 0) is 35.1 Å². The number of nitrogens with one attached hydrogen (secondary N) is 1. The number of amides is 1. The zero-order valence-electron chi connectivity index (χ0n) is 35.6. The van der Waals surface area contributed by atoms with Gasteiger partial charge in [0.05, 0.1) is 17.0 Å². The first-order valence-electron chi connectivity index (χ1n) is 21.8. The highest BCUT2D eigenvalue weighted by atomic mass is 16.5. The molecule has 0 heterocycles. The summed E-state index contributed by atoms with van der Waals surface area (Å²) in [7, 11) is 0. The molecular formula is C48H68N2O6. The van der Waals surface area contributed by atoms with Gasteiger partial charge >= 0.3 is 12.1 Å². The van der Waals surface area contributed by atoms with Crippen LogP contribution in [0.15, 0.2) is 41.5 Å². The second kappa shape index (κ2) is 13.8. The van der Waals surface area contributed by atoms with E-state index in [-0.39, 0.29) is 74.7 Å². The molecule has 0 spiro atoms. The van der Waals surface area contributed by atoms with Gasteiger partial charge in [0.25, 0.3) is 0 Å². The molecule has 0 aliphatic heterocycles. The summed E-state index contributed by atoms with van der Waals surface area (Å²) in [6.07, 6.45) is 12.3. The summed E-state index contributed by atoms with van der Waals surface area (Å²) < 4.78 is 6.65. The van der Waals surface area contributed by atoms with E-state index >= 15 is 0 Å². The lowest BCUT2D eigenvalue weighted by molar-refractivity contribution is -0.235. The number of carbonyl (C=O) groups is 3. The molecule has 8 rings (SSSR count). The lowest BCUT2D eigenvalue weighted by atomic mass is 9.33. The minimum Gasteiger partial charge on any atom is -0.462 e. The van der Waals surface area contributed by atoms with Crippen LogP contribution in [0.2, 0.25) is 0 Å². The third-order valence-electron chi connectivity index (χ3n) is 18.3. The first-order chi connectivity index (χ1) is 26.1. The maximum atomic E-state index is 14.0. The molecule has 0 unspecified atom stereocenters. The van der Waals surface area contributed by atoms with Crippen LogP contribution in [0.3, 0.4) is 0 Å². The van der Waals surface area contributed by atoms with Gasteiger partial charge in [-0.25, -0.2) is 0 Å². The van der Waals surface area contributed by atoms with Crippen molar-refractivity contribution in [3.8, 4) is 0 Å². The number of carbonyl (C=O) groups excluding carboxylic acids is 5. The van der Waals surface area contributed by atoms with Gasteiger partial charge in [0.15, 0.2) is 5.78 Å². The van der Waals surface area contributed by atoms with E-state index in [1.54, 1.807) is 0 Å². The van der Waals surface area contributed by atoms with Gasteiger partial charge in [0.1, 0.15) is 6.10 Å². The quantitative estimate of drug-likeness (QED) is 0.266. The number of allylic oxidation sites excluding steroid dienone is 1. The summed E-state index contributed by atoms with van der Waals surface area (Å²) in [5, 5.41) is 3.48. The summed E-state index contributed by atoms with van der Waals surface area (Å²) in [4.78, 5) is 57.7. The molecule has 306 valence electrons. The van der Waals surface area contributed by atoms with Gasteiger partial charge in [-0.3, -0.25) is 14.4 Å². The highest BCUT2D eigenvalue weighted by Crippen LogP contribution is 2.76. The standard InChI is InChI=1S/C47H68N2O4.CO2/c1-28(2)37-33(50)27-47(49-40(52)46(48)22-23-46)24-21-44(8)31(38(37)47)15-16-35-43(7)19-18-36(42(5,6)34(43)17-20-45(35,44)9)53-39(51)32-26-30(41(32,3)4)25-29-13-11-10-12-14-29;2-1-3/h10-14,28,30-32,34-36H,15-27,48H2,1-9H3,(H,49,52);/t30-,31+,32-,34-,35+,36-,43-,44+,45+,47+;/m0./s1. The van der Waals surface area contributed by atoms with Gasteiger partial charge < -0.3 is 15.8 Å². The first kappa shape index (κ1) is 41.1. The number of hydrogen-bond donors (Lipinski definition) is 2. The highest BCUT2D eigenvalue weighted by Gasteiger charge is 2.71. The van der Waals surface area contributed by atoms with Gasteiger partial charge in [-0.05, 0) is 145 Å². The van der Waals surface area contributed by atoms with Crippen molar-refractivity contribution in [1.29, 1.82) is 0 Å². The minimum atomic E-state index is -0.764. The molecule has 6 saturated carbocycles. The number of rotatable bonds is 7. The van der Waals surface area contributed by atoms with Crippen molar-refractivity contribution in [3.05, 3.63) is 47.0 Å². The van der Waals surface area contributed by atoms with Crippen molar-refractivity contribution < 1.29 is 28.7 Å². The smallest absolute Gasteiger partial charge is 0.373 e. The van der Waals surface area contributed by atoms with Crippen molar-refractivity contribution in [1.82, 2.24) is 5.32 Å². The van der Waals surface area contributed by atoms with E-state index in [1.807, 2.05) is 0 Å². The molecule has 1 aromatic rings.